The van der Waals surface area contributed by atoms with Crippen molar-refractivity contribution in [2.24, 2.45) is 0 Å². The molecule has 0 rings (SSSR count). The molecule has 0 bridgehead atoms. The number of quaternary nitrogens is 1. The average molecular weight is 689 g/mol. The summed E-state index contributed by atoms with van der Waals surface area (Å²) in [5.41, 5.74) is 0. The number of esters is 2. The summed E-state index contributed by atoms with van der Waals surface area (Å²) in [6.45, 7) is 4.32. The Labute approximate surface area is 288 Å². The third kappa shape index (κ3) is 34.2. The van der Waals surface area contributed by atoms with Crippen molar-refractivity contribution in [3.8, 4) is 0 Å². The molecule has 9 nitrogen and oxygen atoms in total. The van der Waals surface area contributed by atoms with Gasteiger partial charge in [0.2, 0.25) is 0 Å². The number of phosphoric ester groups is 1. The van der Waals surface area contributed by atoms with E-state index in [-0.39, 0.29) is 32.0 Å². The summed E-state index contributed by atoms with van der Waals surface area (Å²) >= 11 is 0. The molecule has 0 aromatic rings. The van der Waals surface area contributed by atoms with Crippen molar-refractivity contribution in [1.82, 2.24) is 0 Å². The van der Waals surface area contributed by atoms with E-state index in [0.29, 0.717) is 17.4 Å². The molecule has 0 heterocycles. The van der Waals surface area contributed by atoms with Crippen LogP contribution in [0.15, 0.2) is 24.3 Å². The standard InChI is InChI=1S/C37H70NO8P/c1-6-8-10-12-14-16-17-18-19-20-21-22-24-26-28-30-37(40)46-35(34-45-47(41,42)44-32-31-38(3,4)5)33-43-36(39)29-27-25-23-15-13-11-9-7-2/h18-19,21-22,35H,6-17,20,23-34H2,1-5H3/p+1/b19-18+,22-21+/t35-/m1/s1. The zero-order chi connectivity index (χ0) is 35.1. The molecule has 0 fully saturated rings. The highest BCUT2D eigenvalue weighted by atomic mass is 31.2. The number of nitrogens with zero attached hydrogens (tertiary/aromatic N) is 1. The van der Waals surface area contributed by atoms with Gasteiger partial charge in [-0.1, -0.05) is 115 Å². The Bertz CT molecular complexity index is 871. The van der Waals surface area contributed by atoms with E-state index in [2.05, 4.69) is 38.2 Å². The number of hydrogen-bond donors (Lipinski definition) is 1. The Kier molecular flexibility index (Phi) is 29.6. The lowest BCUT2D eigenvalue weighted by molar-refractivity contribution is -0.870. The zero-order valence-electron chi connectivity index (χ0n) is 30.8. The first-order valence-electron chi connectivity index (χ1n) is 18.6. The molecule has 0 amide bonds. The van der Waals surface area contributed by atoms with Crippen LogP contribution in [0.1, 0.15) is 149 Å². The molecule has 2 atom stereocenters. The van der Waals surface area contributed by atoms with Crippen LogP contribution in [0.5, 0.6) is 0 Å². The smallest absolute Gasteiger partial charge is 0.462 e. The number of hydrogen-bond acceptors (Lipinski definition) is 7. The first kappa shape index (κ1) is 45.5. The number of allylic oxidation sites excluding steroid dienone is 4. The second-order valence-electron chi connectivity index (χ2n) is 13.6. The van der Waals surface area contributed by atoms with Gasteiger partial charge in [0.1, 0.15) is 19.8 Å². The van der Waals surface area contributed by atoms with E-state index < -0.39 is 26.5 Å². The van der Waals surface area contributed by atoms with Gasteiger partial charge in [0.15, 0.2) is 6.10 Å². The maximum Gasteiger partial charge on any atom is 0.472 e. The minimum absolute atomic E-state index is 0.0270. The molecule has 0 aliphatic heterocycles. The van der Waals surface area contributed by atoms with Crippen LogP contribution in [0.2, 0.25) is 0 Å². The molecule has 0 radical (unpaired) electrons. The molecule has 0 saturated heterocycles. The van der Waals surface area contributed by atoms with Crippen molar-refractivity contribution in [2.75, 3.05) is 47.5 Å². The predicted octanol–water partition coefficient (Wildman–Crippen LogP) is 9.63. The minimum Gasteiger partial charge on any atom is -0.462 e. The van der Waals surface area contributed by atoms with Crippen molar-refractivity contribution in [3.05, 3.63) is 24.3 Å². The topological polar surface area (TPSA) is 108 Å². The molecule has 276 valence electrons. The van der Waals surface area contributed by atoms with Gasteiger partial charge < -0.3 is 18.9 Å². The van der Waals surface area contributed by atoms with Crippen molar-refractivity contribution in [3.63, 3.8) is 0 Å². The number of carbonyl (C=O) groups excluding carboxylic acids is 2. The Hall–Kier alpha value is -1.51. The van der Waals surface area contributed by atoms with E-state index in [1.54, 1.807) is 0 Å². The van der Waals surface area contributed by atoms with E-state index in [0.717, 1.165) is 44.9 Å². The fourth-order valence-electron chi connectivity index (χ4n) is 4.75. The molecule has 1 unspecified atom stereocenters. The minimum atomic E-state index is -4.37. The lowest BCUT2D eigenvalue weighted by atomic mass is 10.1. The molecular formula is C37H71NO8P+. The van der Waals surface area contributed by atoms with Gasteiger partial charge >= 0.3 is 19.8 Å². The van der Waals surface area contributed by atoms with Gasteiger partial charge in [0.05, 0.1) is 27.7 Å². The number of ether oxygens (including phenoxy) is 2. The van der Waals surface area contributed by atoms with Crippen LogP contribution in [-0.4, -0.2) is 74.9 Å². The highest BCUT2D eigenvalue weighted by molar-refractivity contribution is 7.47. The summed E-state index contributed by atoms with van der Waals surface area (Å²) in [7, 11) is 1.46. The molecule has 10 heteroatoms. The Morgan fingerprint density at radius 1 is 0.660 bits per heavy atom. The van der Waals surface area contributed by atoms with Crippen LogP contribution in [-0.2, 0) is 32.7 Å². The van der Waals surface area contributed by atoms with Crippen LogP contribution in [0.3, 0.4) is 0 Å². The van der Waals surface area contributed by atoms with Crippen molar-refractivity contribution in [1.29, 1.82) is 0 Å². The third-order valence-electron chi connectivity index (χ3n) is 7.73. The summed E-state index contributed by atoms with van der Waals surface area (Å²) in [6.07, 6.45) is 29.5. The fourth-order valence-corrected chi connectivity index (χ4v) is 5.49. The summed E-state index contributed by atoms with van der Waals surface area (Å²) in [4.78, 5) is 35.0. The van der Waals surface area contributed by atoms with E-state index in [9.17, 15) is 19.0 Å². The third-order valence-corrected chi connectivity index (χ3v) is 8.72. The van der Waals surface area contributed by atoms with Gasteiger partial charge in [0, 0.05) is 12.8 Å². The van der Waals surface area contributed by atoms with E-state index in [4.69, 9.17) is 18.5 Å². The monoisotopic (exact) mass is 688 g/mol. The SMILES string of the molecule is CCCCCCCC/C=C/C/C=C/CCCCC(=O)O[C@H](COC(=O)CCCCCCCCCC)COP(=O)(O)OCC[N+](C)(C)C. The zero-order valence-corrected chi connectivity index (χ0v) is 31.7. The van der Waals surface area contributed by atoms with Crippen LogP contribution in [0.4, 0.5) is 0 Å². The lowest BCUT2D eigenvalue weighted by Crippen LogP contribution is -2.37. The van der Waals surface area contributed by atoms with Crippen molar-refractivity contribution >= 4 is 19.8 Å². The highest BCUT2D eigenvalue weighted by Gasteiger charge is 2.27. The molecule has 0 spiro atoms. The van der Waals surface area contributed by atoms with Gasteiger partial charge in [-0.3, -0.25) is 18.6 Å². The molecular weight excluding hydrogens is 617 g/mol. The lowest BCUT2D eigenvalue weighted by Gasteiger charge is -2.24. The Balaban J connectivity index is 4.49. The summed E-state index contributed by atoms with van der Waals surface area (Å²) in [5, 5.41) is 0. The summed E-state index contributed by atoms with van der Waals surface area (Å²) in [6, 6.07) is 0. The molecule has 0 aliphatic rings. The quantitative estimate of drug-likeness (QED) is 0.0239. The largest absolute Gasteiger partial charge is 0.472 e. The Morgan fingerprint density at radius 3 is 1.72 bits per heavy atom. The average Bonchev–Trinajstić information content (AvgIpc) is 3.01. The second kappa shape index (κ2) is 30.5. The van der Waals surface area contributed by atoms with Gasteiger partial charge in [-0.25, -0.2) is 4.57 Å². The van der Waals surface area contributed by atoms with E-state index in [1.165, 1.54) is 70.6 Å². The predicted molar refractivity (Wildman–Crippen MR) is 192 cm³/mol. The number of likely N-dealkylation sites (N-methyl/N-ethyl adjacent to an activating group) is 1. The second-order valence-corrected chi connectivity index (χ2v) is 15.1. The number of unbranched alkanes of at least 4 members (excludes halogenated alkanes) is 15. The van der Waals surface area contributed by atoms with Gasteiger partial charge in [-0.05, 0) is 44.9 Å². The molecule has 47 heavy (non-hydrogen) atoms. The first-order valence-corrected chi connectivity index (χ1v) is 20.1. The van der Waals surface area contributed by atoms with Gasteiger partial charge in [-0.15, -0.1) is 0 Å². The first-order chi connectivity index (χ1) is 22.5. The molecule has 0 aliphatic carbocycles. The van der Waals surface area contributed by atoms with E-state index >= 15 is 0 Å². The highest BCUT2D eigenvalue weighted by Crippen LogP contribution is 2.43. The number of carbonyl (C=O) groups is 2. The van der Waals surface area contributed by atoms with E-state index in [1.807, 2.05) is 21.1 Å². The summed E-state index contributed by atoms with van der Waals surface area (Å²) < 4.78 is 34.0. The van der Waals surface area contributed by atoms with Crippen LogP contribution in [0.25, 0.3) is 0 Å². The molecule has 0 aromatic carbocycles. The van der Waals surface area contributed by atoms with Crippen LogP contribution < -0.4 is 0 Å². The maximum atomic E-state index is 12.6. The molecule has 0 aromatic heterocycles. The number of rotatable bonds is 33. The fraction of sp³-hybridized carbons (Fsp3) is 0.838. The van der Waals surface area contributed by atoms with Crippen LogP contribution >= 0.6 is 7.82 Å². The van der Waals surface area contributed by atoms with Gasteiger partial charge in [-0.2, -0.15) is 0 Å². The number of phosphoric acid groups is 1. The normalized spacial score (nSPS) is 14.1. The molecule has 0 saturated carbocycles. The van der Waals surface area contributed by atoms with Crippen molar-refractivity contribution in [2.45, 2.75) is 155 Å². The van der Waals surface area contributed by atoms with Crippen LogP contribution in [0, 0.1) is 0 Å². The van der Waals surface area contributed by atoms with Crippen molar-refractivity contribution < 1.29 is 42.1 Å². The summed E-state index contributed by atoms with van der Waals surface area (Å²) in [5.74, 6) is -0.842. The Morgan fingerprint density at radius 2 is 1.15 bits per heavy atom. The maximum absolute atomic E-state index is 12.6. The molecule has 1 N–H and O–H groups in total. The van der Waals surface area contributed by atoms with Gasteiger partial charge in [0.25, 0.3) is 0 Å².